The third-order valence-corrected chi connectivity index (χ3v) is 4.58. The van der Waals surface area contributed by atoms with Crippen LogP contribution in [0.4, 0.5) is 0 Å². The van der Waals surface area contributed by atoms with Gasteiger partial charge in [-0.2, -0.15) is 0 Å². The number of rotatable bonds is 3. The zero-order chi connectivity index (χ0) is 13.2. The highest BCUT2D eigenvalue weighted by molar-refractivity contribution is 7.19. The Morgan fingerprint density at radius 2 is 1.79 bits per heavy atom. The molecule has 0 aliphatic heterocycles. The fourth-order valence-electron chi connectivity index (χ4n) is 2.38. The van der Waals surface area contributed by atoms with Gasteiger partial charge in [0.05, 0.1) is 6.04 Å². The van der Waals surface area contributed by atoms with E-state index >= 15 is 0 Å². The van der Waals surface area contributed by atoms with Crippen LogP contribution < -0.4 is 11.3 Å². The van der Waals surface area contributed by atoms with Crippen molar-refractivity contribution in [1.29, 1.82) is 0 Å². The maximum Gasteiger partial charge on any atom is 0.0805 e. The third kappa shape index (κ3) is 2.28. The number of thiophene rings is 1. The van der Waals surface area contributed by atoms with Crippen LogP contribution >= 0.6 is 11.3 Å². The summed E-state index contributed by atoms with van der Waals surface area (Å²) in [6, 6.07) is 19.1. The second kappa shape index (κ2) is 5.13. The molecule has 96 valence electrons. The van der Waals surface area contributed by atoms with Crippen molar-refractivity contribution in [2.24, 2.45) is 5.84 Å². The molecule has 0 aliphatic carbocycles. The minimum absolute atomic E-state index is 0.0543. The molecule has 0 aliphatic rings. The molecule has 0 saturated heterocycles. The summed E-state index contributed by atoms with van der Waals surface area (Å²) in [5.41, 5.74) is 5.43. The van der Waals surface area contributed by atoms with E-state index in [0.717, 1.165) is 0 Å². The topological polar surface area (TPSA) is 38.0 Å². The van der Waals surface area contributed by atoms with Crippen LogP contribution in [-0.4, -0.2) is 0 Å². The summed E-state index contributed by atoms with van der Waals surface area (Å²) in [7, 11) is 0. The number of hydrazine groups is 1. The van der Waals surface area contributed by atoms with Gasteiger partial charge in [-0.15, -0.1) is 11.3 Å². The highest BCUT2D eigenvalue weighted by Crippen LogP contribution is 2.33. The molecule has 3 heteroatoms. The quantitative estimate of drug-likeness (QED) is 0.560. The van der Waals surface area contributed by atoms with Gasteiger partial charge in [-0.25, -0.2) is 5.43 Å². The first-order chi connectivity index (χ1) is 9.29. The van der Waals surface area contributed by atoms with Crippen molar-refractivity contribution in [3.63, 3.8) is 0 Å². The lowest BCUT2D eigenvalue weighted by Crippen LogP contribution is -2.28. The fourth-order valence-corrected chi connectivity index (χ4v) is 3.52. The van der Waals surface area contributed by atoms with E-state index in [1.165, 1.54) is 26.1 Å². The summed E-state index contributed by atoms with van der Waals surface area (Å²) in [5.74, 6) is 5.78. The highest BCUT2D eigenvalue weighted by Gasteiger charge is 2.16. The van der Waals surface area contributed by atoms with Crippen LogP contribution in [0.1, 0.15) is 22.0 Å². The number of benzene rings is 2. The van der Waals surface area contributed by atoms with Crippen LogP contribution in [-0.2, 0) is 0 Å². The van der Waals surface area contributed by atoms with E-state index in [1.807, 2.05) is 0 Å². The van der Waals surface area contributed by atoms with E-state index in [4.69, 9.17) is 5.84 Å². The van der Waals surface area contributed by atoms with Gasteiger partial charge in [0, 0.05) is 9.58 Å². The van der Waals surface area contributed by atoms with Gasteiger partial charge in [0.25, 0.3) is 0 Å². The molecular weight excluding hydrogens is 252 g/mol. The Labute approximate surface area is 116 Å². The Morgan fingerprint density at radius 1 is 1.05 bits per heavy atom. The van der Waals surface area contributed by atoms with Crippen molar-refractivity contribution in [3.8, 4) is 0 Å². The van der Waals surface area contributed by atoms with Crippen molar-refractivity contribution < 1.29 is 0 Å². The summed E-state index contributed by atoms with van der Waals surface area (Å²) in [6.45, 7) is 2.12. The molecule has 0 spiro atoms. The molecule has 0 fully saturated rings. The zero-order valence-corrected chi connectivity index (χ0v) is 11.6. The van der Waals surface area contributed by atoms with Gasteiger partial charge < -0.3 is 0 Å². The van der Waals surface area contributed by atoms with E-state index in [9.17, 15) is 0 Å². The molecule has 1 heterocycles. The molecule has 2 aromatic carbocycles. The molecule has 3 aromatic rings. The molecule has 0 bridgehead atoms. The lowest BCUT2D eigenvalue weighted by molar-refractivity contribution is 0.643. The van der Waals surface area contributed by atoms with Crippen LogP contribution in [0.15, 0.2) is 54.6 Å². The van der Waals surface area contributed by atoms with Crippen molar-refractivity contribution in [3.05, 3.63) is 70.6 Å². The summed E-state index contributed by atoms with van der Waals surface area (Å²) in [6.07, 6.45) is 0. The number of aryl methyl sites for hydroxylation is 1. The van der Waals surface area contributed by atoms with E-state index in [-0.39, 0.29) is 6.04 Å². The van der Waals surface area contributed by atoms with Gasteiger partial charge >= 0.3 is 0 Å². The van der Waals surface area contributed by atoms with Gasteiger partial charge in [0.1, 0.15) is 0 Å². The zero-order valence-electron chi connectivity index (χ0n) is 10.8. The Bertz CT molecular complexity index is 670. The second-order valence-electron chi connectivity index (χ2n) is 4.64. The van der Waals surface area contributed by atoms with Crippen molar-refractivity contribution >= 4 is 21.4 Å². The van der Waals surface area contributed by atoms with Crippen LogP contribution in [0.2, 0.25) is 0 Å². The largest absolute Gasteiger partial charge is 0.271 e. The maximum absolute atomic E-state index is 5.78. The molecule has 2 nitrogen and oxygen atoms in total. The normalized spacial score (nSPS) is 12.7. The van der Waals surface area contributed by atoms with E-state index in [1.54, 1.807) is 11.3 Å². The molecule has 1 aromatic heterocycles. The highest BCUT2D eigenvalue weighted by atomic mass is 32.1. The maximum atomic E-state index is 5.78. The third-order valence-electron chi connectivity index (χ3n) is 3.40. The van der Waals surface area contributed by atoms with Gasteiger partial charge in [-0.3, -0.25) is 5.84 Å². The molecule has 1 atom stereocenters. The second-order valence-corrected chi connectivity index (χ2v) is 5.76. The van der Waals surface area contributed by atoms with Gasteiger partial charge in [0.15, 0.2) is 0 Å². The number of hydrogen-bond donors (Lipinski definition) is 2. The van der Waals surface area contributed by atoms with Crippen LogP contribution in [0.3, 0.4) is 0 Å². The molecule has 1 unspecified atom stereocenters. The first-order valence-corrected chi connectivity index (χ1v) is 7.11. The Hall–Kier alpha value is -1.68. The fraction of sp³-hybridized carbons (Fsp3) is 0.125. The molecule has 3 N–H and O–H groups in total. The number of hydrogen-bond acceptors (Lipinski definition) is 3. The summed E-state index contributed by atoms with van der Waals surface area (Å²) < 4.78 is 1.30. The van der Waals surface area contributed by atoms with Crippen molar-refractivity contribution in [2.75, 3.05) is 0 Å². The minimum Gasteiger partial charge on any atom is -0.271 e. The molecule has 0 saturated carbocycles. The van der Waals surface area contributed by atoms with Gasteiger partial charge in [-0.05, 0) is 35.6 Å². The summed E-state index contributed by atoms with van der Waals surface area (Å²) in [4.78, 5) is 1.25. The monoisotopic (exact) mass is 268 g/mol. The first-order valence-electron chi connectivity index (χ1n) is 6.29. The smallest absolute Gasteiger partial charge is 0.0805 e. The Balaban J connectivity index is 2.09. The van der Waals surface area contributed by atoms with Gasteiger partial charge in [0.2, 0.25) is 0 Å². The predicted molar refractivity (Wildman–Crippen MR) is 82.2 cm³/mol. The number of nitrogens with one attached hydrogen (secondary N) is 1. The lowest BCUT2D eigenvalue weighted by Gasteiger charge is -2.16. The molecular formula is C16H16N2S. The molecule has 0 radical (unpaired) electrons. The SMILES string of the molecule is Cc1ccccc1C(NN)c1cc2ccccc2s1. The predicted octanol–water partition coefficient (Wildman–Crippen LogP) is 3.76. The molecule has 0 amide bonds. The summed E-state index contributed by atoms with van der Waals surface area (Å²) in [5, 5.41) is 1.27. The number of nitrogens with two attached hydrogens (primary N) is 1. The van der Waals surface area contributed by atoms with Crippen molar-refractivity contribution in [2.45, 2.75) is 13.0 Å². The van der Waals surface area contributed by atoms with Crippen LogP contribution in [0.5, 0.6) is 0 Å². The number of fused-ring (bicyclic) bond motifs is 1. The first kappa shape index (κ1) is 12.4. The van der Waals surface area contributed by atoms with Crippen molar-refractivity contribution in [1.82, 2.24) is 5.43 Å². The minimum atomic E-state index is 0.0543. The molecule has 3 rings (SSSR count). The summed E-state index contributed by atoms with van der Waals surface area (Å²) >= 11 is 1.79. The lowest BCUT2D eigenvalue weighted by atomic mass is 10.0. The van der Waals surface area contributed by atoms with E-state index in [2.05, 4.69) is 66.9 Å². The Kier molecular flexibility index (Phi) is 3.34. The van der Waals surface area contributed by atoms with E-state index in [0.29, 0.717) is 0 Å². The van der Waals surface area contributed by atoms with Gasteiger partial charge in [-0.1, -0.05) is 42.5 Å². The average Bonchev–Trinajstić information content (AvgIpc) is 2.85. The average molecular weight is 268 g/mol. The van der Waals surface area contributed by atoms with Crippen LogP contribution in [0, 0.1) is 6.92 Å². The standard InChI is InChI=1S/C16H16N2S/c1-11-6-2-4-8-13(11)16(18-17)15-10-12-7-3-5-9-14(12)19-15/h2-10,16,18H,17H2,1H3. The van der Waals surface area contributed by atoms with E-state index < -0.39 is 0 Å². The molecule has 19 heavy (non-hydrogen) atoms. The Morgan fingerprint density at radius 3 is 2.53 bits per heavy atom. The van der Waals surface area contributed by atoms with Crippen LogP contribution in [0.25, 0.3) is 10.1 Å².